The maximum absolute atomic E-state index is 6.89. The largest absolute Gasteiger partial charge is 0.454 e. The highest BCUT2D eigenvalue weighted by Gasteiger charge is 2.18. The third-order valence-corrected chi connectivity index (χ3v) is 7.14. The van der Waals surface area contributed by atoms with Gasteiger partial charge in [0.2, 0.25) is 0 Å². The molecule has 0 amide bonds. The van der Waals surface area contributed by atoms with E-state index in [1.54, 1.807) is 0 Å². The summed E-state index contributed by atoms with van der Waals surface area (Å²) in [6.45, 7) is 0. The molecule has 0 N–H and O–H groups in total. The maximum Gasteiger partial charge on any atom is 0.154 e. The molecule has 7 aromatic rings. The molecular weight excluding hydrogens is 474 g/mol. The summed E-state index contributed by atoms with van der Waals surface area (Å²) in [7, 11) is 0. The van der Waals surface area contributed by atoms with Crippen LogP contribution in [0.25, 0.3) is 43.8 Å². The lowest BCUT2D eigenvalue weighted by Crippen LogP contribution is -2.10. The zero-order valence-corrected chi connectivity index (χ0v) is 20.7. The lowest BCUT2D eigenvalue weighted by atomic mass is 10.0. The van der Waals surface area contributed by atoms with E-state index in [9.17, 15) is 0 Å². The Kier molecular flexibility index (Phi) is 5.20. The summed E-state index contributed by atoms with van der Waals surface area (Å²) in [5.41, 5.74) is 6.98. The van der Waals surface area contributed by atoms with Crippen LogP contribution >= 0.6 is 11.6 Å². The second kappa shape index (κ2) is 8.85. The summed E-state index contributed by atoms with van der Waals surface area (Å²) >= 11 is 6.89. The van der Waals surface area contributed by atoms with Crippen LogP contribution in [0.3, 0.4) is 0 Å². The van der Waals surface area contributed by atoms with Crippen LogP contribution in [-0.4, -0.2) is 0 Å². The number of fused-ring (bicyclic) bond motifs is 4. The van der Waals surface area contributed by atoms with Gasteiger partial charge in [-0.3, -0.25) is 0 Å². The first-order valence-electron chi connectivity index (χ1n) is 12.3. The SMILES string of the molecule is Clc1cc(N(c2ccccc2)c2cccc(-c3ccccc3)c2)cc2c1oc1cc3ccccc3cc12. The number of furan rings is 1. The molecule has 2 nitrogen and oxygen atoms in total. The van der Waals surface area contributed by atoms with Gasteiger partial charge in [-0.1, -0.05) is 96.5 Å². The van der Waals surface area contributed by atoms with Gasteiger partial charge in [0.05, 0.1) is 5.02 Å². The highest BCUT2D eigenvalue weighted by Crippen LogP contribution is 2.43. The molecule has 3 heteroatoms. The van der Waals surface area contributed by atoms with E-state index in [0.29, 0.717) is 10.6 Å². The Bertz CT molecular complexity index is 1890. The first-order chi connectivity index (χ1) is 18.2. The van der Waals surface area contributed by atoms with Gasteiger partial charge in [0.25, 0.3) is 0 Å². The normalized spacial score (nSPS) is 11.4. The molecule has 0 atom stereocenters. The molecule has 0 aliphatic heterocycles. The fourth-order valence-electron chi connectivity index (χ4n) is 5.12. The second-order valence-corrected chi connectivity index (χ2v) is 9.60. The minimum absolute atomic E-state index is 0.591. The molecule has 0 radical (unpaired) electrons. The van der Waals surface area contributed by atoms with Gasteiger partial charge in [-0.25, -0.2) is 0 Å². The molecule has 0 saturated heterocycles. The molecule has 1 heterocycles. The number of nitrogens with zero attached hydrogens (tertiary/aromatic N) is 1. The molecule has 0 fully saturated rings. The van der Waals surface area contributed by atoms with E-state index in [4.69, 9.17) is 16.0 Å². The van der Waals surface area contributed by atoms with Crippen molar-refractivity contribution in [1.82, 2.24) is 0 Å². The van der Waals surface area contributed by atoms with Gasteiger partial charge in [0, 0.05) is 27.8 Å². The Morgan fingerprint density at radius 1 is 0.486 bits per heavy atom. The van der Waals surface area contributed by atoms with E-state index in [1.807, 2.05) is 24.3 Å². The fraction of sp³-hybridized carbons (Fsp3) is 0. The predicted octanol–water partition coefficient (Wildman–Crippen LogP) is 10.5. The van der Waals surface area contributed by atoms with Crippen LogP contribution in [0, 0.1) is 0 Å². The van der Waals surface area contributed by atoms with Crippen LogP contribution in [0.5, 0.6) is 0 Å². The predicted molar refractivity (Wildman–Crippen MR) is 156 cm³/mol. The van der Waals surface area contributed by atoms with Crippen molar-refractivity contribution in [3.63, 3.8) is 0 Å². The van der Waals surface area contributed by atoms with Crippen LogP contribution in [-0.2, 0) is 0 Å². The van der Waals surface area contributed by atoms with E-state index < -0.39 is 0 Å². The average Bonchev–Trinajstić information content (AvgIpc) is 3.31. The van der Waals surface area contributed by atoms with Crippen LogP contribution < -0.4 is 4.90 Å². The van der Waals surface area contributed by atoms with E-state index in [1.165, 1.54) is 10.9 Å². The highest BCUT2D eigenvalue weighted by atomic mass is 35.5. The van der Waals surface area contributed by atoms with Crippen LogP contribution in [0.1, 0.15) is 0 Å². The number of hydrogen-bond donors (Lipinski definition) is 0. The summed E-state index contributed by atoms with van der Waals surface area (Å²) < 4.78 is 6.26. The molecule has 0 aliphatic carbocycles. The van der Waals surface area contributed by atoms with E-state index in [0.717, 1.165) is 44.4 Å². The molecular formula is C34H22ClNO. The van der Waals surface area contributed by atoms with Crippen molar-refractivity contribution in [2.24, 2.45) is 0 Å². The molecule has 0 unspecified atom stereocenters. The van der Waals surface area contributed by atoms with Gasteiger partial charge in [0.15, 0.2) is 5.58 Å². The third-order valence-electron chi connectivity index (χ3n) is 6.86. The quantitative estimate of drug-likeness (QED) is 0.241. The number of para-hydroxylation sites is 1. The molecule has 0 saturated carbocycles. The molecule has 0 spiro atoms. The number of halogens is 1. The topological polar surface area (TPSA) is 16.4 Å². The molecule has 1 aromatic heterocycles. The van der Waals surface area contributed by atoms with Crippen LogP contribution in [0.15, 0.2) is 138 Å². The number of rotatable bonds is 4. The van der Waals surface area contributed by atoms with Gasteiger partial charge in [-0.05, 0) is 70.4 Å². The van der Waals surface area contributed by atoms with Crippen molar-refractivity contribution >= 4 is 61.4 Å². The Morgan fingerprint density at radius 2 is 1.14 bits per heavy atom. The monoisotopic (exact) mass is 495 g/mol. The fourth-order valence-corrected chi connectivity index (χ4v) is 5.37. The van der Waals surface area contributed by atoms with Crippen molar-refractivity contribution < 1.29 is 4.42 Å². The summed E-state index contributed by atoms with van der Waals surface area (Å²) in [6.07, 6.45) is 0. The van der Waals surface area contributed by atoms with Crippen molar-refractivity contribution in [1.29, 1.82) is 0 Å². The van der Waals surface area contributed by atoms with E-state index in [2.05, 4.69) is 114 Å². The molecule has 37 heavy (non-hydrogen) atoms. The van der Waals surface area contributed by atoms with Crippen molar-refractivity contribution in [3.05, 3.63) is 138 Å². The molecule has 176 valence electrons. The maximum atomic E-state index is 6.89. The molecule has 0 bridgehead atoms. The van der Waals surface area contributed by atoms with Crippen molar-refractivity contribution in [2.45, 2.75) is 0 Å². The third kappa shape index (κ3) is 3.83. The highest BCUT2D eigenvalue weighted by molar-refractivity contribution is 6.36. The molecule has 6 aromatic carbocycles. The molecule has 0 aliphatic rings. The van der Waals surface area contributed by atoms with Crippen LogP contribution in [0.2, 0.25) is 5.02 Å². The Morgan fingerprint density at radius 3 is 1.92 bits per heavy atom. The zero-order chi connectivity index (χ0) is 24.8. The van der Waals surface area contributed by atoms with Gasteiger partial charge in [-0.15, -0.1) is 0 Å². The summed E-state index contributed by atoms with van der Waals surface area (Å²) in [4.78, 5) is 2.25. The van der Waals surface area contributed by atoms with Crippen LogP contribution in [0.4, 0.5) is 17.1 Å². The van der Waals surface area contributed by atoms with Crippen molar-refractivity contribution in [3.8, 4) is 11.1 Å². The number of benzene rings is 6. The lowest BCUT2D eigenvalue weighted by Gasteiger charge is -2.26. The second-order valence-electron chi connectivity index (χ2n) is 9.19. The summed E-state index contributed by atoms with van der Waals surface area (Å²) in [5, 5.41) is 4.98. The summed E-state index contributed by atoms with van der Waals surface area (Å²) in [6, 6.07) is 46.3. The van der Waals surface area contributed by atoms with Crippen molar-refractivity contribution in [2.75, 3.05) is 4.90 Å². The minimum Gasteiger partial charge on any atom is -0.454 e. The van der Waals surface area contributed by atoms with Gasteiger partial charge >= 0.3 is 0 Å². The Balaban J connectivity index is 1.46. The van der Waals surface area contributed by atoms with Gasteiger partial charge in [-0.2, -0.15) is 0 Å². The number of anilines is 3. The lowest BCUT2D eigenvalue weighted by molar-refractivity contribution is 0.669. The Labute approximate surface area is 220 Å². The average molecular weight is 496 g/mol. The van der Waals surface area contributed by atoms with E-state index >= 15 is 0 Å². The zero-order valence-electron chi connectivity index (χ0n) is 19.9. The van der Waals surface area contributed by atoms with Gasteiger partial charge in [0.1, 0.15) is 5.58 Å². The molecule has 7 rings (SSSR count). The van der Waals surface area contributed by atoms with Gasteiger partial charge < -0.3 is 9.32 Å². The first-order valence-corrected chi connectivity index (χ1v) is 12.7. The summed E-state index contributed by atoms with van der Waals surface area (Å²) in [5.74, 6) is 0. The smallest absolute Gasteiger partial charge is 0.154 e. The Hall–Kier alpha value is -4.53. The minimum atomic E-state index is 0.591. The standard InChI is InChI=1S/C34H22ClNO/c35-32-22-29(21-31-30-19-25-12-7-8-13-26(25)20-33(30)37-34(31)32)36(27-15-5-2-6-16-27)28-17-9-14-24(18-28)23-10-3-1-4-11-23/h1-22H. The first kappa shape index (κ1) is 21.7. The number of hydrogen-bond acceptors (Lipinski definition) is 2. The van der Waals surface area contributed by atoms with E-state index in [-0.39, 0.29) is 0 Å².